The van der Waals surface area contributed by atoms with Gasteiger partial charge < -0.3 is 9.72 Å². The van der Waals surface area contributed by atoms with Crippen LogP contribution in [0.15, 0.2) is 24.8 Å². The molecule has 0 bridgehead atoms. The molecule has 2 N–H and O–H groups in total. The van der Waals surface area contributed by atoms with Crippen LogP contribution in [0.5, 0.6) is 0 Å². The predicted octanol–water partition coefficient (Wildman–Crippen LogP) is 3.62. The van der Waals surface area contributed by atoms with Gasteiger partial charge in [0.15, 0.2) is 23.6 Å². The third-order valence-corrected chi connectivity index (χ3v) is 4.46. The second-order valence-electron chi connectivity index (χ2n) is 6.18. The lowest BCUT2D eigenvalue weighted by Gasteiger charge is -2.09. The largest absolute Gasteiger partial charge is 0.312 e. The van der Waals surface area contributed by atoms with E-state index in [2.05, 4.69) is 25.5 Å². The van der Waals surface area contributed by atoms with E-state index >= 15 is 0 Å². The summed E-state index contributed by atoms with van der Waals surface area (Å²) in [6.45, 7) is 0. The number of aldehydes is 1. The summed E-state index contributed by atoms with van der Waals surface area (Å²) in [5.74, 6) is -0.504. The van der Waals surface area contributed by atoms with E-state index in [4.69, 9.17) is 11.6 Å². The van der Waals surface area contributed by atoms with Gasteiger partial charge in [-0.2, -0.15) is 5.10 Å². The molecule has 142 valence electrons. The number of anilines is 1. The van der Waals surface area contributed by atoms with Crippen molar-refractivity contribution in [1.82, 2.24) is 24.6 Å². The molecule has 3 aromatic heterocycles. The number of H-pyrrole nitrogens is 1. The number of aromatic nitrogens is 5. The number of nitrogens with zero attached hydrogens (tertiary/aromatic N) is 4. The number of imidazole rings is 1. The quantitative estimate of drug-likeness (QED) is 0.509. The zero-order valence-electron chi connectivity index (χ0n) is 14.4. The smallest absolute Gasteiger partial charge is 0.212 e. The predicted molar refractivity (Wildman–Crippen MR) is 102 cm³/mol. The van der Waals surface area contributed by atoms with Crippen LogP contribution in [0.3, 0.4) is 0 Å². The molecule has 10 heteroatoms. The van der Waals surface area contributed by atoms with E-state index in [1.165, 1.54) is 31.7 Å². The number of hydrogen-bond acceptors (Lipinski definition) is 5. The lowest BCUT2D eigenvalue weighted by Crippen LogP contribution is -1.97. The topological polar surface area (TPSA) is 105 Å². The maximum Gasteiger partial charge on any atom is 0.212 e. The number of rotatable bonds is 4. The van der Waals surface area contributed by atoms with Gasteiger partial charge in [-0.3, -0.25) is 19.7 Å². The zero-order valence-corrected chi connectivity index (χ0v) is 15.2. The zero-order chi connectivity index (χ0) is 19.7. The number of fused-ring (bicyclic) bond motifs is 2. The number of carbonyl (C=O) groups is 2. The fourth-order valence-electron chi connectivity index (χ4n) is 2.66. The van der Waals surface area contributed by atoms with E-state index in [1.54, 1.807) is 16.8 Å². The Morgan fingerprint density at radius 2 is 2.00 bits per heavy atom. The number of carbonyl (C=O) groups excluding carboxylic acids is 2. The molecule has 1 aromatic carbocycles. The molecule has 0 radical (unpaired) electrons. The van der Waals surface area contributed by atoms with Crippen molar-refractivity contribution in [1.29, 1.82) is 0 Å². The normalized spacial score (nSPS) is 12.5. The molecule has 0 saturated heterocycles. The standard InChI is InChI=1S/C15H8ClFN6O2.C3H6/c16-13-12(7-1-20-22-15(7)8(5-24)14(13)17)9-3-23-4-10(19-6-25)21-11(23)2-18-9;1-2-3-1/h1-6H,(H,19,25)(H,20,22);1-3H2. The molecule has 1 aliphatic carbocycles. The van der Waals surface area contributed by atoms with Crippen molar-refractivity contribution in [3.8, 4) is 11.3 Å². The van der Waals surface area contributed by atoms with Gasteiger partial charge in [0.2, 0.25) is 6.41 Å². The number of hydrogen-bond donors (Lipinski definition) is 2. The third kappa shape index (κ3) is 3.20. The van der Waals surface area contributed by atoms with Crippen molar-refractivity contribution >= 4 is 46.7 Å². The molecule has 1 amide bonds. The van der Waals surface area contributed by atoms with Crippen LogP contribution in [-0.2, 0) is 4.79 Å². The van der Waals surface area contributed by atoms with Crippen molar-refractivity contribution in [3.63, 3.8) is 0 Å². The highest BCUT2D eigenvalue weighted by molar-refractivity contribution is 6.35. The Morgan fingerprint density at radius 1 is 1.21 bits per heavy atom. The molecule has 0 unspecified atom stereocenters. The van der Waals surface area contributed by atoms with E-state index in [9.17, 15) is 14.0 Å². The van der Waals surface area contributed by atoms with Gasteiger partial charge in [0.1, 0.15) is 0 Å². The molecule has 1 saturated carbocycles. The van der Waals surface area contributed by atoms with Crippen LogP contribution in [-0.4, -0.2) is 37.3 Å². The van der Waals surface area contributed by atoms with Crippen molar-refractivity contribution < 1.29 is 14.0 Å². The molecule has 1 aliphatic rings. The minimum absolute atomic E-state index is 0.192. The molecule has 28 heavy (non-hydrogen) atoms. The van der Waals surface area contributed by atoms with Crippen molar-refractivity contribution in [2.75, 3.05) is 5.32 Å². The minimum atomic E-state index is -0.848. The monoisotopic (exact) mass is 400 g/mol. The lowest BCUT2D eigenvalue weighted by atomic mass is 10.0. The Balaban J connectivity index is 0.000000586. The minimum Gasteiger partial charge on any atom is -0.312 e. The van der Waals surface area contributed by atoms with Gasteiger partial charge in [0.25, 0.3) is 0 Å². The van der Waals surface area contributed by atoms with Crippen LogP contribution in [0.25, 0.3) is 27.8 Å². The highest BCUT2D eigenvalue weighted by Gasteiger charge is 2.22. The molecule has 3 heterocycles. The Labute approximate surface area is 162 Å². The summed E-state index contributed by atoms with van der Waals surface area (Å²) in [7, 11) is 0. The van der Waals surface area contributed by atoms with Crippen LogP contribution >= 0.6 is 11.6 Å². The van der Waals surface area contributed by atoms with E-state index < -0.39 is 5.82 Å². The van der Waals surface area contributed by atoms with Gasteiger partial charge in [0, 0.05) is 17.1 Å². The Bertz CT molecular complexity index is 1200. The van der Waals surface area contributed by atoms with Crippen molar-refractivity contribution in [3.05, 3.63) is 41.2 Å². The Hall–Kier alpha value is -3.33. The number of nitrogens with one attached hydrogen (secondary N) is 2. The van der Waals surface area contributed by atoms with Gasteiger partial charge in [-0.05, 0) is 0 Å². The molecule has 1 fully saturated rings. The molecule has 4 aromatic rings. The molecular formula is C18H14ClFN6O2. The van der Waals surface area contributed by atoms with E-state index in [0.717, 1.165) is 0 Å². The van der Waals surface area contributed by atoms with Gasteiger partial charge in [-0.15, -0.1) is 0 Å². The van der Waals surface area contributed by atoms with Crippen LogP contribution in [0.2, 0.25) is 5.02 Å². The van der Waals surface area contributed by atoms with Gasteiger partial charge in [-0.25, -0.2) is 9.37 Å². The molecule has 0 spiro atoms. The summed E-state index contributed by atoms with van der Waals surface area (Å²) in [6, 6.07) is 0. The van der Waals surface area contributed by atoms with Crippen LogP contribution in [0.4, 0.5) is 10.2 Å². The first-order chi connectivity index (χ1) is 13.6. The summed E-state index contributed by atoms with van der Waals surface area (Å²) in [4.78, 5) is 30.1. The Kier molecular flexibility index (Phi) is 4.74. The first-order valence-electron chi connectivity index (χ1n) is 8.48. The molecular weight excluding hydrogens is 387 g/mol. The van der Waals surface area contributed by atoms with Gasteiger partial charge >= 0.3 is 0 Å². The highest BCUT2D eigenvalue weighted by atomic mass is 35.5. The Morgan fingerprint density at radius 3 is 2.68 bits per heavy atom. The second-order valence-corrected chi connectivity index (χ2v) is 6.56. The van der Waals surface area contributed by atoms with Crippen molar-refractivity contribution in [2.45, 2.75) is 19.3 Å². The summed E-state index contributed by atoms with van der Waals surface area (Å²) >= 11 is 6.15. The maximum atomic E-state index is 14.5. The average Bonchev–Trinajstić information content (AvgIpc) is 3.41. The maximum absolute atomic E-state index is 14.5. The molecule has 0 atom stereocenters. The van der Waals surface area contributed by atoms with Crippen molar-refractivity contribution in [2.24, 2.45) is 0 Å². The SMILES string of the molecule is C1CC1.O=CNc1cn2cc(-c3c(Cl)c(F)c(C=O)c4[nH]ncc34)ncc2n1. The highest BCUT2D eigenvalue weighted by Crippen LogP contribution is 2.37. The molecule has 0 aliphatic heterocycles. The second kappa shape index (κ2) is 7.35. The first kappa shape index (κ1) is 18.1. The third-order valence-electron chi connectivity index (χ3n) is 4.10. The molecule has 5 rings (SSSR count). The van der Waals surface area contributed by atoms with E-state index in [1.807, 2.05) is 0 Å². The van der Waals surface area contributed by atoms with E-state index in [0.29, 0.717) is 40.8 Å². The fraction of sp³-hybridized carbons (Fsp3) is 0.167. The van der Waals surface area contributed by atoms with Gasteiger partial charge in [0.05, 0.1) is 40.4 Å². The number of halogens is 2. The fourth-order valence-corrected chi connectivity index (χ4v) is 2.96. The molecule has 8 nitrogen and oxygen atoms in total. The summed E-state index contributed by atoms with van der Waals surface area (Å²) in [6.07, 6.45) is 11.5. The number of aromatic amines is 1. The van der Waals surface area contributed by atoms with Gasteiger partial charge in [-0.1, -0.05) is 30.9 Å². The number of benzene rings is 1. The summed E-state index contributed by atoms with van der Waals surface area (Å²) in [5, 5.41) is 9.14. The lowest BCUT2D eigenvalue weighted by molar-refractivity contribution is -0.105. The van der Waals surface area contributed by atoms with E-state index in [-0.39, 0.29) is 16.1 Å². The summed E-state index contributed by atoms with van der Waals surface area (Å²) in [5.41, 5.74) is 1.19. The number of amides is 1. The van der Waals surface area contributed by atoms with Crippen LogP contribution < -0.4 is 5.32 Å². The summed E-state index contributed by atoms with van der Waals surface area (Å²) < 4.78 is 16.1. The average molecular weight is 401 g/mol. The van der Waals surface area contributed by atoms with Crippen LogP contribution in [0, 0.1) is 5.82 Å². The van der Waals surface area contributed by atoms with Crippen LogP contribution in [0.1, 0.15) is 29.6 Å². The first-order valence-corrected chi connectivity index (χ1v) is 8.86.